The largest absolute Gasteiger partial charge is 0.340 e. The Bertz CT molecular complexity index is 838. The molecule has 0 unspecified atom stereocenters. The molecule has 2 aromatic heterocycles. The lowest BCUT2D eigenvalue weighted by atomic mass is 10.1. The zero-order chi connectivity index (χ0) is 17.3. The number of rotatable bonds is 5. The second-order valence-electron chi connectivity index (χ2n) is 6.33. The van der Waals surface area contributed by atoms with Crippen LogP contribution in [0.5, 0.6) is 0 Å². The molecule has 24 heavy (non-hydrogen) atoms. The highest BCUT2D eigenvalue weighted by atomic mass is 16.2. The molecule has 0 bridgehead atoms. The van der Waals surface area contributed by atoms with E-state index in [2.05, 4.69) is 41.0 Å². The molecule has 3 aromatic rings. The molecule has 1 N–H and O–H groups in total. The van der Waals surface area contributed by atoms with Crippen LogP contribution >= 0.6 is 0 Å². The van der Waals surface area contributed by atoms with Gasteiger partial charge in [-0.15, -0.1) is 0 Å². The van der Waals surface area contributed by atoms with Crippen LogP contribution in [0.4, 0.5) is 0 Å². The van der Waals surface area contributed by atoms with E-state index in [0.29, 0.717) is 19.4 Å². The SMILES string of the molecule is Cc1cc2nc(CN(C)C(=O)CCc3ccnn3C)[nH]c2cc1C. The Morgan fingerprint density at radius 3 is 2.75 bits per heavy atom. The number of benzene rings is 1. The second kappa shape index (κ2) is 6.47. The standard InChI is InChI=1S/C18H23N5O/c1-12-9-15-16(10-13(12)2)21-17(20-15)11-22(3)18(24)6-5-14-7-8-19-23(14)4/h7-10H,5-6,11H2,1-4H3,(H,20,21). The number of fused-ring (bicyclic) bond motifs is 1. The van der Waals surface area contributed by atoms with E-state index in [0.717, 1.165) is 22.6 Å². The summed E-state index contributed by atoms with van der Waals surface area (Å²) in [4.78, 5) is 22.0. The summed E-state index contributed by atoms with van der Waals surface area (Å²) in [5.74, 6) is 0.912. The van der Waals surface area contributed by atoms with Gasteiger partial charge in [-0.1, -0.05) is 0 Å². The van der Waals surface area contributed by atoms with E-state index in [-0.39, 0.29) is 5.91 Å². The molecule has 0 aliphatic carbocycles. The van der Waals surface area contributed by atoms with Crippen molar-refractivity contribution in [1.82, 2.24) is 24.6 Å². The van der Waals surface area contributed by atoms with Gasteiger partial charge in [-0.25, -0.2) is 4.98 Å². The summed E-state index contributed by atoms with van der Waals surface area (Å²) >= 11 is 0. The Hall–Kier alpha value is -2.63. The molecule has 1 amide bonds. The Morgan fingerprint density at radius 1 is 1.29 bits per heavy atom. The van der Waals surface area contributed by atoms with Crippen molar-refractivity contribution in [2.24, 2.45) is 7.05 Å². The molecule has 0 fully saturated rings. The van der Waals surface area contributed by atoms with E-state index in [4.69, 9.17) is 0 Å². The average molecular weight is 325 g/mol. The lowest BCUT2D eigenvalue weighted by Crippen LogP contribution is -2.27. The van der Waals surface area contributed by atoms with Gasteiger partial charge in [0.15, 0.2) is 0 Å². The number of hydrogen-bond acceptors (Lipinski definition) is 3. The molecule has 0 radical (unpaired) electrons. The van der Waals surface area contributed by atoms with Crippen molar-refractivity contribution in [3.63, 3.8) is 0 Å². The molecule has 0 spiro atoms. The number of nitrogens with one attached hydrogen (secondary N) is 1. The van der Waals surface area contributed by atoms with Gasteiger partial charge in [-0.3, -0.25) is 9.48 Å². The minimum absolute atomic E-state index is 0.101. The van der Waals surface area contributed by atoms with Gasteiger partial charge in [0.05, 0.1) is 17.6 Å². The maximum absolute atomic E-state index is 12.3. The highest BCUT2D eigenvalue weighted by molar-refractivity contribution is 5.78. The van der Waals surface area contributed by atoms with Crippen LogP contribution in [0.1, 0.15) is 29.1 Å². The first-order chi connectivity index (χ1) is 11.4. The fourth-order valence-electron chi connectivity index (χ4n) is 2.78. The first-order valence-electron chi connectivity index (χ1n) is 8.10. The molecule has 0 saturated heterocycles. The first-order valence-corrected chi connectivity index (χ1v) is 8.10. The lowest BCUT2D eigenvalue weighted by molar-refractivity contribution is -0.130. The number of aromatic nitrogens is 4. The molecular formula is C18H23N5O. The number of carbonyl (C=O) groups is 1. The Balaban J connectivity index is 1.64. The molecule has 0 atom stereocenters. The maximum Gasteiger partial charge on any atom is 0.223 e. The highest BCUT2D eigenvalue weighted by Gasteiger charge is 2.13. The highest BCUT2D eigenvalue weighted by Crippen LogP contribution is 2.18. The number of carbonyl (C=O) groups excluding carboxylic acids is 1. The van der Waals surface area contributed by atoms with Crippen LogP contribution in [-0.2, 0) is 24.8 Å². The molecular weight excluding hydrogens is 302 g/mol. The molecule has 3 rings (SSSR count). The number of hydrogen-bond donors (Lipinski definition) is 1. The van der Waals surface area contributed by atoms with E-state index in [9.17, 15) is 4.79 Å². The minimum Gasteiger partial charge on any atom is -0.340 e. The van der Waals surface area contributed by atoms with Crippen LogP contribution in [-0.4, -0.2) is 37.6 Å². The third kappa shape index (κ3) is 3.32. The Kier molecular flexibility index (Phi) is 4.38. The van der Waals surface area contributed by atoms with Crippen LogP contribution in [0, 0.1) is 13.8 Å². The van der Waals surface area contributed by atoms with Crippen molar-refractivity contribution in [2.75, 3.05) is 7.05 Å². The number of aromatic amines is 1. The van der Waals surface area contributed by atoms with Gasteiger partial charge in [0, 0.05) is 32.4 Å². The van der Waals surface area contributed by atoms with Crippen LogP contribution in [0.3, 0.4) is 0 Å². The topological polar surface area (TPSA) is 66.8 Å². The van der Waals surface area contributed by atoms with Gasteiger partial charge in [-0.05, 0) is 49.6 Å². The third-order valence-corrected chi connectivity index (χ3v) is 4.48. The molecule has 0 aliphatic heterocycles. The van der Waals surface area contributed by atoms with Crippen molar-refractivity contribution >= 4 is 16.9 Å². The van der Waals surface area contributed by atoms with Gasteiger partial charge < -0.3 is 9.88 Å². The fourth-order valence-corrected chi connectivity index (χ4v) is 2.78. The Morgan fingerprint density at radius 2 is 2.04 bits per heavy atom. The molecule has 1 aromatic carbocycles. The molecule has 0 aliphatic rings. The van der Waals surface area contributed by atoms with E-state index < -0.39 is 0 Å². The summed E-state index contributed by atoms with van der Waals surface area (Å²) in [5.41, 5.74) is 5.48. The van der Waals surface area contributed by atoms with Crippen molar-refractivity contribution in [2.45, 2.75) is 33.2 Å². The van der Waals surface area contributed by atoms with Crippen molar-refractivity contribution in [1.29, 1.82) is 0 Å². The van der Waals surface area contributed by atoms with Crippen molar-refractivity contribution in [3.8, 4) is 0 Å². The minimum atomic E-state index is 0.101. The predicted octanol–water partition coefficient (Wildman–Crippen LogP) is 2.50. The summed E-state index contributed by atoms with van der Waals surface area (Å²) < 4.78 is 1.80. The van der Waals surface area contributed by atoms with Crippen molar-refractivity contribution in [3.05, 3.63) is 47.0 Å². The summed E-state index contributed by atoms with van der Waals surface area (Å²) in [6, 6.07) is 6.12. The van der Waals surface area contributed by atoms with Gasteiger partial charge in [-0.2, -0.15) is 5.10 Å². The zero-order valence-electron chi connectivity index (χ0n) is 14.6. The number of imidazole rings is 1. The molecule has 6 nitrogen and oxygen atoms in total. The van der Waals surface area contributed by atoms with Gasteiger partial charge in [0.1, 0.15) is 5.82 Å². The van der Waals surface area contributed by atoms with E-state index in [1.807, 2.05) is 20.2 Å². The number of nitrogens with zero attached hydrogens (tertiary/aromatic N) is 4. The monoisotopic (exact) mass is 325 g/mol. The quantitative estimate of drug-likeness (QED) is 0.784. The van der Waals surface area contributed by atoms with Crippen molar-refractivity contribution < 1.29 is 4.79 Å². The Labute approximate surface area is 141 Å². The summed E-state index contributed by atoms with van der Waals surface area (Å²) in [6.45, 7) is 4.65. The fraction of sp³-hybridized carbons (Fsp3) is 0.389. The van der Waals surface area contributed by atoms with Crippen LogP contribution in [0.25, 0.3) is 11.0 Å². The lowest BCUT2D eigenvalue weighted by Gasteiger charge is -2.15. The smallest absolute Gasteiger partial charge is 0.223 e. The van der Waals surface area contributed by atoms with Crippen LogP contribution < -0.4 is 0 Å². The summed E-state index contributed by atoms with van der Waals surface area (Å²) in [7, 11) is 3.71. The number of amides is 1. The van der Waals surface area contributed by atoms with Crippen LogP contribution in [0.15, 0.2) is 24.4 Å². The van der Waals surface area contributed by atoms with E-state index in [1.54, 1.807) is 15.8 Å². The number of aryl methyl sites for hydroxylation is 4. The van der Waals surface area contributed by atoms with E-state index >= 15 is 0 Å². The van der Waals surface area contributed by atoms with E-state index in [1.165, 1.54) is 11.1 Å². The molecule has 0 saturated carbocycles. The normalized spacial score (nSPS) is 11.2. The summed E-state index contributed by atoms with van der Waals surface area (Å²) in [6.07, 6.45) is 2.91. The van der Waals surface area contributed by atoms with Crippen LogP contribution in [0.2, 0.25) is 0 Å². The van der Waals surface area contributed by atoms with Gasteiger partial charge in [0.2, 0.25) is 5.91 Å². The van der Waals surface area contributed by atoms with Gasteiger partial charge >= 0.3 is 0 Å². The first kappa shape index (κ1) is 16.2. The number of H-pyrrole nitrogens is 1. The molecule has 2 heterocycles. The maximum atomic E-state index is 12.3. The predicted molar refractivity (Wildman–Crippen MR) is 93.6 cm³/mol. The average Bonchev–Trinajstić information content (AvgIpc) is 3.11. The second-order valence-corrected chi connectivity index (χ2v) is 6.33. The third-order valence-electron chi connectivity index (χ3n) is 4.48. The summed E-state index contributed by atoms with van der Waals surface area (Å²) in [5, 5.41) is 4.12. The van der Waals surface area contributed by atoms with Gasteiger partial charge in [0.25, 0.3) is 0 Å². The molecule has 126 valence electrons. The molecule has 6 heteroatoms. The zero-order valence-corrected chi connectivity index (χ0v) is 14.6.